The highest BCUT2D eigenvalue weighted by atomic mass is 16.1. The van der Waals surface area contributed by atoms with E-state index in [-0.39, 0.29) is 5.78 Å². The molecule has 19 heavy (non-hydrogen) atoms. The van der Waals surface area contributed by atoms with Crippen LogP contribution >= 0.6 is 0 Å². The minimum atomic E-state index is 0.0686. The van der Waals surface area contributed by atoms with E-state index in [0.717, 1.165) is 28.0 Å². The molecular formula is C16H14N2O. The van der Waals surface area contributed by atoms with Crippen molar-refractivity contribution in [3.8, 4) is 0 Å². The molecule has 0 fully saturated rings. The Balaban J connectivity index is 1.97. The first-order valence-corrected chi connectivity index (χ1v) is 6.13. The predicted octanol–water partition coefficient (Wildman–Crippen LogP) is 2.67. The summed E-state index contributed by atoms with van der Waals surface area (Å²) in [6.07, 6.45) is 2.58. The maximum absolute atomic E-state index is 12.3. The number of fused-ring (bicyclic) bond motifs is 1. The molecule has 0 radical (unpaired) electrons. The zero-order valence-electron chi connectivity index (χ0n) is 10.4. The third kappa shape index (κ3) is 2.10. The molecular weight excluding hydrogens is 236 g/mol. The van der Waals surface area contributed by atoms with E-state index >= 15 is 0 Å². The molecule has 3 rings (SSSR count). The van der Waals surface area contributed by atoms with Crippen molar-refractivity contribution in [3.63, 3.8) is 0 Å². The molecule has 0 saturated carbocycles. The number of rotatable bonds is 1. The van der Waals surface area contributed by atoms with E-state index in [4.69, 9.17) is 11.5 Å². The topological polar surface area (TPSA) is 69.1 Å². The van der Waals surface area contributed by atoms with Gasteiger partial charge in [0.1, 0.15) is 0 Å². The van der Waals surface area contributed by atoms with E-state index in [2.05, 4.69) is 0 Å². The van der Waals surface area contributed by atoms with E-state index in [9.17, 15) is 4.79 Å². The number of hydrogen-bond acceptors (Lipinski definition) is 3. The Hall–Kier alpha value is -2.55. The number of allylic oxidation sites excluding steroid dienone is 1. The third-order valence-corrected chi connectivity index (χ3v) is 3.33. The molecule has 0 atom stereocenters. The van der Waals surface area contributed by atoms with Crippen molar-refractivity contribution in [2.75, 3.05) is 11.5 Å². The van der Waals surface area contributed by atoms with Gasteiger partial charge in [-0.15, -0.1) is 0 Å². The SMILES string of the molecule is Nc1ccc(C=C2Cc3ccc(N)cc3C2=O)cc1. The lowest BCUT2D eigenvalue weighted by atomic mass is 10.1. The summed E-state index contributed by atoms with van der Waals surface area (Å²) in [6.45, 7) is 0. The molecule has 0 saturated heterocycles. The van der Waals surface area contributed by atoms with Crippen LogP contribution in [0.15, 0.2) is 48.0 Å². The molecule has 0 heterocycles. The summed E-state index contributed by atoms with van der Waals surface area (Å²) in [7, 11) is 0. The number of carbonyl (C=O) groups is 1. The van der Waals surface area contributed by atoms with Crippen molar-refractivity contribution >= 4 is 23.2 Å². The van der Waals surface area contributed by atoms with Gasteiger partial charge in [0.25, 0.3) is 0 Å². The lowest BCUT2D eigenvalue weighted by molar-refractivity contribution is 0.104. The van der Waals surface area contributed by atoms with Gasteiger partial charge >= 0.3 is 0 Å². The molecule has 0 spiro atoms. The van der Waals surface area contributed by atoms with Crippen molar-refractivity contribution in [1.82, 2.24) is 0 Å². The minimum Gasteiger partial charge on any atom is -0.399 e. The molecule has 0 bridgehead atoms. The zero-order chi connectivity index (χ0) is 13.4. The number of nitrogen functional groups attached to an aromatic ring is 2. The van der Waals surface area contributed by atoms with Gasteiger partial charge in [-0.3, -0.25) is 4.79 Å². The summed E-state index contributed by atoms with van der Waals surface area (Å²) in [4.78, 5) is 12.3. The van der Waals surface area contributed by atoms with Gasteiger partial charge in [0.2, 0.25) is 0 Å². The minimum absolute atomic E-state index is 0.0686. The van der Waals surface area contributed by atoms with Crippen LogP contribution in [0.2, 0.25) is 0 Å². The largest absolute Gasteiger partial charge is 0.399 e. The van der Waals surface area contributed by atoms with Crippen LogP contribution in [0.1, 0.15) is 21.5 Å². The molecule has 2 aromatic rings. The number of Topliss-reactive ketones (excluding diaryl/α,β-unsaturated/α-hetero) is 1. The number of ketones is 1. The normalized spacial score (nSPS) is 15.8. The Kier molecular flexibility index (Phi) is 2.60. The van der Waals surface area contributed by atoms with Crippen LogP contribution in [0, 0.1) is 0 Å². The van der Waals surface area contributed by atoms with Crippen LogP contribution in [-0.4, -0.2) is 5.78 Å². The van der Waals surface area contributed by atoms with Crippen LogP contribution in [-0.2, 0) is 6.42 Å². The van der Waals surface area contributed by atoms with Crippen molar-refractivity contribution in [1.29, 1.82) is 0 Å². The highest BCUT2D eigenvalue weighted by molar-refractivity contribution is 6.15. The number of anilines is 2. The van der Waals surface area contributed by atoms with Crippen molar-refractivity contribution in [3.05, 3.63) is 64.7 Å². The first-order valence-electron chi connectivity index (χ1n) is 6.13. The molecule has 1 aliphatic rings. The Morgan fingerprint density at radius 2 is 1.63 bits per heavy atom. The average molecular weight is 250 g/mol. The van der Waals surface area contributed by atoms with Gasteiger partial charge < -0.3 is 11.5 Å². The second-order valence-corrected chi connectivity index (χ2v) is 4.76. The van der Waals surface area contributed by atoms with Crippen LogP contribution in [0.4, 0.5) is 11.4 Å². The Labute approximate surface area is 111 Å². The highest BCUT2D eigenvalue weighted by Gasteiger charge is 2.24. The molecule has 0 amide bonds. The highest BCUT2D eigenvalue weighted by Crippen LogP contribution is 2.29. The fraction of sp³-hybridized carbons (Fsp3) is 0.0625. The molecule has 4 N–H and O–H groups in total. The number of carbonyl (C=O) groups excluding carboxylic acids is 1. The van der Waals surface area contributed by atoms with E-state index in [0.29, 0.717) is 12.1 Å². The van der Waals surface area contributed by atoms with E-state index < -0.39 is 0 Å². The second kappa shape index (κ2) is 4.28. The molecule has 0 aromatic heterocycles. The predicted molar refractivity (Wildman–Crippen MR) is 77.7 cm³/mol. The van der Waals surface area contributed by atoms with Crippen molar-refractivity contribution in [2.45, 2.75) is 6.42 Å². The van der Waals surface area contributed by atoms with Gasteiger partial charge in [0, 0.05) is 28.9 Å². The third-order valence-electron chi connectivity index (χ3n) is 3.33. The van der Waals surface area contributed by atoms with E-state index in [1.165, 1.54) is 0 Å². The molecule has 0 unspecified atom stereocenters. The fourth-order valence-electron chi connectivity index (χ4n) is 2.33. The van der Waals surface area contributed by atoms with Gasteiger partial charge in [-0.2, -0.15) is 0 Å². The quantitative estimate of drug-likeness (QED) is 0.604. The Bertz CT molecular complexity index is 684. The number of hydrogen-bond donors (Lipinski definition) is 2. The molecule has 0 aliphatic heterocycles. The summed E-state index contributed by atoms with van der Waals surface area (Å²) in [5.74, 6) is 0.0686. The maximum Gasteiger partial charge on any atom is 0.189 e. The average Bonchev–Trinajstić information content (AvgIpc) is 2.70. The zero-order valence-corrected chi connectivity index (χ0v) is 10.4. The van der Waals surface area contributed by atoms with Crippen molar-refractivity contribution in [2.24, 2.45) is 0 Å². The molecule has 3 heteroatoms. The maximum atomic E-state index is 12.3. The molecule has 1 aliphatic carbocycles. The van der Waals surface area contributed by atoms with Crippen LogP contribution < -0.4 is 11.5 Å². The first kappa shape index (κ1) is 11.5. The Morgan fingerprint density at radius 1 is 0.947 bits per heavy atom. The van der Waals surface area contributed by atoms with Crippen LogP contribution in [0.3, 0.4) is 0 Å². The summed E-state index contributed by atoms with van der Waals surface area (Å²) in [5, 5.41) is 0. The van der Waals surface area contributed by atoms with Gasteiger partial charge in [0.05, 0.1) is 0 Å². The van der Waals surface area contributed by atoms with E-state index in [1.54, 1.807) is 6.07 Å². The Morgan fingerprint density at radius 3 is 2.37 bits per heavy atom. The summed E-state index contributed by atoms with van der Waals surface area (Å²) < 4.78 is 0. The lowest BCUT2D eigenvalue weighted by Crippen LogP contribution is -1.96. The summed E-state index contributed by atoms with van der Waals surface area (Å²) in [6, 6.07) is 13.0. The molecule has 3 nitrogen and oxygen atoms in total. The number of nitrogens with two attached hydrogens (primary N) is 2. The summed E-state index contributed by atoms with van der Waals surface area (Å²) in [5.41, 5.74) is 16.3. The fourth-order valence-corrected chi connectivity index (χ4v) is 2.33. The monoisotopic (exact) mass is 250 g/mol. The molecule has 2 aromatic carbocycles. The van der Waals surface area contributed by atoms with Crippen LogP contribution in [0.25, 0.3) is 6.08 Å². The second-order valence-electron chi connectivity index (χ2n) is 4.76. The number of benzene rings is 2. The van der Waals surface area contributed by atoms with E-state index in [1.807, 2.05) is 42.5 Å². The van der Waals surface area contributed by atoms with Crippen molar-refractivity contribution < 1.29 is 4.79 Å². The first-order chi connectivity index (χ1) is 9.13. The van der Waals surface area contributed by atoms with Gasteiger partial charge in [-0.25, -0.2) is 0 Å². The lowest BCUT2D eigenvalue weighted by Gasteiger charge is -1.98. The van der Waals surface area contributed by atoms with Gasteiger partial charge in [-0.05, 0) is 41.5 Å². The smallest absolute Gasteiger partial charge is 0.189 e. The summed E-state index contributed by atoms with van der Waals surface area (Å²) >= 11 is 0. The molecule has 94 valence electrons. The van der Waals surface area contributed by atoms with Gasteiger partial charge in [0.15, 0.2) is 5.78 Å². The van der Waals surface area contributed by atoms with Crippen LogP contribution in [0.5, 0.6) is 0 Å². The standard InChI is InChI=1S/C16H14N2O/c17-13-4-1-10(2-5-13)7-12-8-11-3-6-14(18)9-15(11)16(12)19/h1-7,9H,8,17-18H2. The van der Waals surface area contributed by atoms with Gasteiger partial charge in [-0.1, -0.05) is 18.2 Å².